The van der Waals surface area contributed by atoms with Crippen molar-refractivity contribution in [2.75, 3.05) is 5.21 Å². The summed E-state index contributed by atoms with van der Waals surface area (Å²) in [5, 5.41) is 9.27. The van der Waals surface area contributed by atoms with Crippen LogP contribution in [-0.2, 0) is 11.2 Å². The van der Waals surface area contributed by atoms with E-state index in [1.54, 1.807) is 11.8 Å². The Morgan fingerprint density at radius 2 is 1.53 bits per heavy atom. The molecule has 2 aromatic carbocycles. The molecule has 0 fully saturated rings. The molecule has 2 aromatic rings. The quantitative estimate of drug-likeness (QED) is 0.660. The van der Waals surface area contributed by atoms with Crippen LogP contribution < -0.4 is 0 Å². The minimum absolute atomic E-state index is 0.0611. The van der Waals surface area contributed by atoms with E-state index >= 15 is 0 Å². The molecule has 0 bridgehead atoms. The first kappa shape index (κ1) is 14.0. The van der Waals surface area contributed by atoms with E-state index < -0.39 is 5.97 Å². The van der Waals surface area contributed by atoms with Crippen molar-refractivity contribution in [2.45, 2.75) is 11.3 Å². The molecule has 2 nitrogen and oxygen atoms in total. The summed E-state index contributed by atoms with van der Waals surface area (Å²) in [6.45, 7) is 0. The lowest BCUT2D eigenvalue weighted by atomic mass is 10.0. The fraction of sp³-hybridized carbons (Fsp3) is 0.133. The highest BCUT2D eigenvalue weighted by atomic mass is 35.5. The topological polar surface area (TPSA) is 37.3 Å². The molecule has 0 saturated carbocycles. The minimum Gasteiger partial charge on any atom is -0.481 e. The van der Waals surface area contributed by atoms with Gasteiger partial charge in [0.2, 0.25) is 0 Å². The Kier molecular flexibility index (Phi) is 4.88. The Morgan fingerprint density at radius 3 is 2.00 bits per heavy atom. The van der Waals surface area contributed by atoms with E-state index in [9.17, 15) is 4.79 Å². The molecule has 0 spiro atoms. The lowest BCUT2D eigenvalue weighted by Crippen LogP contribution is -1.99. The van der Waals surface area contributed by atoms with E-state index in [0.717, 1.165) is 21.6 Å². The predicted molar refractivity (Wildman–Crippen MR) is 79.8 cm³/mol. The molecule has 0 aliphatic heterocycles. The van der Waals surface area contributed by atoms with Gasteiger partial charge in [-0.3, -0.25) is 4.79 Å². The van der Waals surface area contributed by atoms with Crippen LogP contribution in [0.1, 0.15) is 5.56 Å². The molecule has 0 radical (unpaired) electrons. The van der Waals surface area contributed by atoms with E-state index in [2.05, 4.69) is 0 Å². The first-order valence-corrected chi connectivity index (χ1v) is 7.31. The summed E-state index contributed by atoms with van der Waals surface area (Å²) >= 11 is 7.26. The van der Waals surface area contributed by atoms with Gasteiger partial charge in [-0.05, 0) is 28.8 Å². The Hall–Kier alpha value is -1.45. The zero-order valence-electron chi connectivity index (χ0n) is 10.2. The molecule has 98 valence electrons. The number of carbonyl (C=O) groups is 1. The van der Waals surface area contributed by atoms with Crippen molar-refractivity contribution in [3.05, 3.63) is 54.1 Å². The largest absolute Gasteiger partial charge is 0.481 e. The van der Waals surface area contributed by atoms with Crippen LogP contribution in [-0.4, -0.2) is 16.3 Å². The summed E-state index contributed by atoms with van der Waals surface area (Å²) in [5.41, 5.74) is 3.00. The van der Waals surface area contributed by atoms with Crippen molar-refractivity contribution >= 4 is 29.3 Å². The number of hydrogen-bond donors (Lipinski definition) is 1. The predicted octanol–water partition coefficient (Wildman–Crippen LogP) is 4.27. The lowest BCUT2D eigenvalue weighted by Gasteiger charge is -2.04. The Bertz CT molecular complexity index is 549. The van der Waals surface area contributed by atoms with Crippen LogP contribution in [0, 0.1) is 0 Å². The monoisotopic (exact) mass is 292 g/mol. The van der Waals surface area contributed by atoms with Crippen LogP contribution in [0.4, 0.5) is 0 Å². The minimum atomic E-state index is -0.810. The van der Waals surface area contributed by atoms with Crippen molar-refractivity contribution in [1.29, 1.82) is 0 Å². The molecule has 0 aromatic heterocycles. The van der Waals surface area contributed by atoms with Gasteiger partial charge in [-0.25, -0.2) is 0 Å². The van der Waals surface area contributed by atoms with Crippen molar-refractivity contribution in [3.63, 3.8) is 0 Å². The summed E-state index contributed by atoms with van der Waals surface area (Å²) in [4.78, 5) is 11.7. The smallest absolute Gasteiger partial charge is 0.307 e. The highest BCUT2D eigenvalue weighted by molar-refractivity contribution is 8.00. The van der Waals surface area contributed by atoms with Gasteiger partial charge in [0.05, 0.1) is 11.6 Å². The Labute approximate surface area is 121 Å². The van der Waals surface area contributed by atoms with Gasteiger partial charge in [0.15, 0.2) is 0 Å². The lowest BCUT2D eigenvalue weighted by molar-refractivity contribution is -0.136. The van der Waals surface area contributed by atoms with Gasteiger partial charge in [-0.15, -0.1) is 23.4 Å². The van der Waals surface area contributed by atoms with Gasteiger partial charge >= 0.3 is 5.97 Å². The number of alkyl halides is 1. The molecule has 0 atom stereocenters. The maximum Gasteiger partial charge on any atom is 0.307 e. The molecule has 0 saturated heterocycles. The molecule has 0 aliphatic rings. The number of benzene rings is 2. The first-order valence-electron chi connectivity index (χ1n) is 5.79. The van der Waals surface area contributed by atoms with Gasteiger partial charge in [0, 0.05) is 4.90 Å². The molecular formula is C15H13ClO2S. The summed E-state index contributed by atoms with van der Waals surface area (Å²) in [7, 11) is 0. The zero-order valence-corrected chi connectivity index (χ0v) is 11.7. The number of halogens is 1. The van der Waals surface area contributed by atoms with Gasteiger partial charge < -0.3 is 5.11 Å². The highest BCUT2D eigenvalue weighted by Crippen LogP contribution is 2.25. The van der Waals surface area contributed by atoms with Crippen LogP contribution in [0.3, 0.4) is 0 Å². The SMILES string of the molecule is O=C(O)Cc1ccc(-c2ccc(SCCl)cc2)cc1. The van der Waals surface area contributed by atoms with Crippen LogP contribution >= 0.6 is 23.4 Å². The summed E-state index contributed by atoms with van der Waals surface area (Å²) < 4.78 is 0. The van der Waals surface area contributed by atoms with E-state index in [0.29, 0.717) is 5.21 Å². The van der Waals surface area contributed by atoms with Crippen LogP contribution in [0.5, 0.6) is 0 Å². The second kappa shape index (κ2) is 6.64. The number of carboxylic acid groups (broad SMARTS) is 1. The van der Waals surface area contributed by atoms with Crippen LogP contribution in [0.2, 0.25) is 0 Å². The number of hydrogen-bond acceptors (Lipinski definition) is 2. The molecule has 0 amide bonds. The van der Waals surface area contributed by atoms with Gasteiger partial charge in [-0.1, -0.05) is 36.4 Å². The van der Waals surface area contributed by atoms with Gasteiger partial charge in [0.1, 0.15) is 0 Å². The normalized spacial score (nSPS) is 10.4. The van der Waals surface area contributed by atoms with E-state index in [4.69, 9.17) is 16.7 Å². The maximum atomic E-state index is 10.6. The number of aliphatic carboxylic acids is 1. The zero-order chi connectivity index (χ0) is 13.7. The maximum absolute atomic E-state index is 10.6. The van der Waals surface area contributed by atoms with Crippen molar-refractivity contribution in [1.82, 2.24) is 0 Å². The second-order valence-corrected chi connectivity index (χ2v) is 5.68. The van der Waals surface area contributed by atoms with Crippen molar-refractivity contribution in [2.24, 2.45) is 0 Å². The molecule has 0 unspecified atom stereocenters. The number of thioether (sulfide) groups is 1. The average molecular weight is 293 g/mol. The first-order chi connectivity index (χ1) is 9.19. The molecule has 19 heavy (non-hydrogen) atoms. The molecule has 4 heteroatoms. The molecule has 2 rings (SSSR count). The third kappa shape index (κ3) is 4.01. The van der Waals surface area contributed by atoms with Crippen LogP contribution in [0.25, 0.3) is 11.1 Å². The van der Waals surface area contributed by atoms with Gasteiger partial charge in [-0.2, -0.15) is 0 Å². The highest BCUT2D eigenvalue weighted by Gasteiger charge is 2.02. The van der Waals surface area contributed by atoms with Crippen LogP contribution in [0.15, 0.2) is 53.4 Å². The molecule has 0 heterocycles. The summed E-state index contributed by atoms with van der Waals surface area (Å²) in [5.74, 6) is -0.810. The molecule has 1 N–H and O–H groups in total. The van der Waals surface area contributed by atoms with E-state index in [-0.39, 0.29) is 6.42 Å². The standard InChI is InChI=1S/C15H13ClO2S/c16-10-19-14-7-5-13(6-8-14)12-3-1-11(2-4-12)9-15(17)18/h1-8H,9-10H2,(H,17,18). The Balaban J connectivity index is 2.15. The third-order valence-electron chi connectivity index (χ3n) is 2.72. The molecular weight excluding hydrogens is 280 g/mol. The van der Waals surface area contributed by atoms with E-state index in [1.807, 2.05) is 48.5 Å². The van der Waals surface area contributed by atoms with Crippen molar-refractivity contribution in [3.8, 4) is 11.1 Å². The second-order valence-electron chi connectivity index (χ2n) is 4.05. The fourth-order valence-electron chi connectivity index (χ4n) is 1.80. The third-order valence-corrected chi connectivity index (χ3v) is 3.76. The Morgan fingerprint density at radius 1 is 1.00 bits per heavy atom. The van der Waals surface area contributed by atoms with Crippen molar-refractivity contribution < 1.29 is 9.90 Å². The fourth-order valence-corrected chi connectivity index (χ4v) is 2.63. The molecule has 0 aliphatic carbocycles. The van der Waals surface area contributed by atoms with Gasteiger partial charge in [0.25, 0.3) is 0 Å². The average Bonchev–Trinajstić information content (AvgIpc) is 2.40. The number of rotatable bonds is 5. The number of carboxylic acids is 1. The summed E-state index contributed by atoms with van der Waals surface area (Å²) in [6, 6.07) is 15.8. The summed E-state index contributed by atoms with van der Waals surface area (Å²) in [6.07, 6.45) is 0.0611. The van der Waals surface area contributed by atoms with E-state index in [1.165, 1.54) is 0 Å².